The molecule has 0 spiro atoms. The van der Waals surface area contributed by atoms with Crippen molar-refractivity contribution in [2.45, 2.75) is 51.7 Å². The number of carbonyl (C=O) groups excluding carboxylic acids is 3. The molecule has 0 bridgehead atoms. The van der Waals surface area contributed by atoms with Gasteiger partial charge in [-0.2, -0.15) is 0 Å². The van der Waals surface area contributed by atoms with Gasteiger partial charge in [0.2, 0.25) is 5.91 Å². The second kappa shape index (κ2) is 11.4. The average molecular weight is 559 g/mol. The van der Waals surface area contributed by atoms with Gasteiger partial charge in [0.15, 0.2) is 5.01 Å². The Morgan fingerprint density at radius 2 is 1.89 bits per heavy atom. The molecule has 1 aliphatic carbocycles. The number of nitrogens with one attached hydrogen (secondary N) is 3. The van der Waals surface area contributed by atoms with E-state index in [0.717, 1.165) is 41.0 Å². The molecule has 3 N–H and O–H groups in total. The highest BCUT2D eigenvalue weighted by molar-refractivity contribution is 7.13. The molecule has 204 valence electrons. The predicted octanol–water partition coefficient (Wildman–Crippen LogP) is 3.69. The molecule has 3 heterocycles. The lowest BCUT2D eigenvalue weighted by Crippen LogP contribution is -2.56. The fourth-order valence-electron chi connectivity index (χ4n) is 5.21. The summed E-state index contributed by atoms with van der Waals surface area (Å²) >= 11 is 7.53. The quantitative estimate of drug-likeness (QED) is 0.442. The molecule has 2 aliphatic rings. The van der Waals surface area contributed by atoms with Gasteiger partial charge >= 0.3 is 0 Å². The van der Waals surface area contributed by atoms with Gasteiger partial charge in [0, 0.05) is 66.4 Å². The number of amides is 3. The van der Waals surface area contributed by atoms with E-state index in [1.165, 1.54) is 11.3 Å². The Kier molecular flexibility index (Phi) is 8.44. The van der Waals surface area contributed by atoms with E-state index < -0.39 is 6.04 Å². The zero-order chi connectivity index (χ0) is 26.3. The molecule has 38 heavy (non-hydrogen) atoms. The maximum absolute atomic E-state index is 13.2. The number of H-pyrrole nitrogens is 1. The van der Waals surface area contributed by atoms with Gasteiger partial charge in [-0.25, -0.2) is 4.98 Å². The fourth-order valence-corrected chi connectivity index (χ4v) is 6.49. The summed E-state index contributed by atoms with van der Waals surface area (Å²) in [5.41, 5.74) is 2.21. The lowest BCUT2D eigenvalue weighted by Gasteiger charge is -2.37. The van der Waals surface area contributed by atoms with Crippen molar-refractivity contribution in [2.75, 3.05) is 27.7 Å². The first-order valence-electron chi connectivity index (χ1n) is 12.5. The first kappa shape index (κ1) is 28.1. The normalized spacial score (nSPS) is 21.3. The monoisotopic (exact) mass is 558 g/mol. The van der Waals surface area contributed by atoms with E-state index in [-0.39, 0.29) is 37.1 Å². The van der Waals surface area contributed by atoms with Crippen molar-refractivity contribution in [3.8, 4) is 0 Å². The number of aromatic amines is 1. The number of carbonyl (C=O) groups is 3. The summed E-state index contributed by atoms with van der Waals surface area (Å²) in [6.45, 7) is 1.72. The molecule has 1 aromatic carbocycles. The number of halogens is 1. The lowest BCUT2D eigenvalue weighted by atomic mass is 9.81. The molecule has 1 aliphatic heterocycles. The minimum absolute atomic E-state index is 0. The van der Waals surface area contributed by atoms with Gasteiger partial charge in [0.1, 0.15) is 5.69 Å². The summed E-state index contributed by atoms with van der Waals surface area (Å²) in [4.78, 5) is 51.8. The van der Waals surface area contributed by atoms with E-state index in [1.54, 1.807) is 37.2 Å². The van der Waals surface area contributed by atoms with Gasteiger partial charge in [0.05, 0.1) is 11.7 Å². The number of aromatic nitrogens is 2. The van der Waals surface area contributed by atoms with E-state index in [2.05, 4.69) is 32.5 Å². The van der Waals surface area contributed by atoms with Gasteiger partial charge in [-0.1, -0.05) is 19.0 Å². The molecule has 2 aromatic heterocycles. The van der Waals surface area contributed by atoms with E-state index in [1.807, 2.05) is 6.07 Å². The van der Waals surface area contributed by atoms with Crippen LogP contribution < -0.4 is 10.6 Å². The third-order valence-corrected chi connectivity index (χ3v) is 8.53. The molecule has 0 saturated heterocycles. The van der Waals surface area contributed by atoms with Crippen LogP contribution >= 0.6 is 22.9 Å². The number of likely N-dealkylation sites (N-methyl/N-ethyl adjacent to an activating group) is 1. The summed E-state index contributed by atoms with van der Waals surface area (Å²) in [5.74, 6) is -0.718. The standard InChI is InChI=1S/C26H31ClN6O3S.CH4/c1-32(2)26(36)14-4-6-18(29-24(35)25-31-19-8-9-33(3)13-22(19)37-25)20(11-14)30-23(34)21-12-15-10-16(27)5-7-17(15)28-21;/h5,7,10,12,14,18,20,28H,4,6,8-9,11,13H2,1-3H3,(H,29,35)(H,30,34);1H4/t14-,18+,20-;/m0./s1. The zero-order valence-corrected chi connectivity index (χ0v) is 22.7. The Morgan fingerprint density at radius 3 is 2.66 bits per heavy atom. The number of hydrogen-bond donors (Lipinski definition) is 3. The van der Waals surface area contributed by atoms with Crippen molar-refractivity contribution >= 4 is 51.6 Å². The van der Waals surface area contributed by atoms with Crippen LogP contribution in [-0.4, -0.2) is 77.3 Å². The van der Waals surface area contributed by atoms with Crippen molar-refractivity contribution in [3.05, 3.63) is 50.6 Å². The maximum atomic E-state index is 13.2. The van der Waals surface area contributed by atoms with Gasteiger partial charge < -0.3 is 25.4 Å². The Hall–Kier alpha value is -2.95. The van der Waals surface area contributed by atoms with Crippen LogP contribution in [0.2, 0.25) is 5.02 Å². The molecule has 3 atom stereocenters. The fraction of sp³-hybridized carbons (Fsp3) is 0.481. The van der Waals surface area contributed by atoms with Gasteiger partial charge in [-0.05, 0) is 50.6 Å². The smallest absolute Gasteiger partial charge is 0.280 e. The molecule has 9 nitrogen and oxygen atoms in total. The molecular weight excluding hydrogens is 524 g/mol. The molecule has 3 amide bonds. The minimum Gasteiger partial charge on any atom is -0.351 e. The first-order valence-corrected chi connectivity index (χ1v) is 13.7. The van der Waals surface area contributed by atoms with Crippen LogP contribution in [0.1, 0.15) is 57.6 Å². The maximum Gasteiger partial charge on any atom is 0.280 e. The highest BCUT2D eigenvalue weighted by Crippen LogP contribution is 2.29. The minimum atomic E-state index is -0.408. The topological polar surface area (TPSA) is 110 Å². The Labute approximate surface area is 231 Å². The predicted molar refractivity (Wildman–Crippen MR) is 151 cm³/mol. The lowest BCUT2D eigenvalue weighted by molar-refractivity contribution is -0.134. The summed E-state index contributed by atoms with van der Waals surface area (Å²) in [5, 5.41) is 8.08. The molecule has 0 radical (unpaired) electrons. The van der Waals surface area contributed by atoms with Crippen LogP contribution in [0.15, 0.2) is 24.3 Å². The molecule has 1 fully saturated rings. The Balaban J connectivity index is 0.00000336. The molecular formula is C27H35ClN6O3S. The molecule has 0 unspecified atom stereocenters. The van der Waals surface area contributed by atoms with Crippen molar-refractivity contribution in [1.29, 1.82) is 0 Å². The van der Waals surface area contributed by atoms with E-state index >= 15 is 0 Å². The van der Waals surface area contributed by atoms with Crippen molar-refractivity contribution < 1.29 is 14.4 Å². The number of fused-ring (bicyclic) bond motifs is 2. The van der Waals surface area contributed by atoms with Crippen LogP contribution in [0.4, 0.5) is 0 Å². The van der Waals surface area contributed by atoms with Crippen LogP contribution in [-0.2, 0) is 17.8 Å². The highest BCUT2D eigenvalue weighted by atomic mass is 35.5. The van der Waals surface area contributed by atoms with Crippen molar-refractivity contribution in [2.24, 2.45) is 5.92 Å². The Morgan fingerprint density at radius 1 is 1.13 bits per heavy atom. The number of benzene rings is 1. The molecule has 11 heteroatoms. The second-order valence-corrected chi connectivity index (χ2v) is 11.7. The van der Waals surface area contributed by atoms with E-state index in [4.69, 9.17) is 11.6 Å². The largest absolute Gasteiger partial charge is 0.351 e. The van der Waals surface area contributed by atoms with Gasteiger partial charge in [0.25, 0.3) is 11.8 Å². The average Bonchev–Trinajstić information content (AvgIpc) is 3.48. The summed E-state index contributed by atoms with van der Waals surface area (Å²) in [6.07, 6.45) is 2.50. The highest BCUT2D eigenvalue weighted by Gasteiger charge is 2.37. The summed E-state index contributed by atoms with van der Waals surface area (Å²) in [6, 6.07) is 6.42. The van der Waals surface area contributed by atoms with E-state index in [9.17, 15) is 14.4 Å². The zero-order valence-electron chi connectivity index (χ0n) is 21.1. The van der Waals surface area contributed by atoms with Crippen LogP contribution in [0.5, 0.6) is 0 Å². The van der Waals surface area contributed by atoms with Crippen molar-refractivity contribution in [1.82, 2.24) is 30.4 Å². The van der Waals surface area contributed by atoms with Gasteiger partial charge in [-0.15, -0.1) is 11.3 Å². The molecule has 5 rings (SSSR count). The Bertz CT molecular complexity index is 1350. The van der Waals surface area contributed by atoms with Crippen molar-refractivity contribution in [3.63, 3.8) is 0 Å². The molecule has 3 aromatic rings. The van der Waals surface area contributed by atoms with Crippen LogP contribution in [0, 0.1) is 5.92 Å². The van der Waals surface area contributed by atoms with Crippen LogP contribution in [0.3, 0.4) is 0 Å². The first-order chi connectivity index (χ1) is 17.7. The van der Waals surface area contributed by atoms with Gasteiger partial charge in [-0.3, -0.25) is 14.4 Å². The van der Waals surface area contributed by atoms with E-state index in [0.29, 0.717) is 35.0 Å². The third kappa shape index (κ3) is 5.87. The number of hydrogen-bond acceptors (Lipinski definition) is 6. The number of thiazole rings is 1. The third-order valence-electron chi connectivity index (χ3n) is 7.22. The summed E-state index contributed by atoms with van der Waals surface area (Å²) < 4.78 is 0. The SMILES string of the molecule is C.CN1CCc2nc(C(=O)N[C@@H]3CC[C@H](C(=O)N(C)C)C[C@@H]3NC(=O)c3cc4cc(Cl)ccc4[nH]3)sc2C1. The van der Waals surface area contributed by atoms with Crippen LogP contribution in [0.25, 0.3) is 10.9 Å². The number of rotatable bonds is 5. The summed E-state index contributed by atoms with van der Waals surface area (Å²) in [7, 11) is 5.53. The molecule has 1 saturated carbocycles. The number of nitrogens with zero attached hydrogens (tertiary/aromatic N) is 3. The second-order valence-electron chi connectivity index (χ2n) is 10.2.